The maximum absolute atomic E-state index is 13.2. The molecule has 8 heteroatoms. The Kier molecular flexibility index (Phi) is 6.26. The highest BCUT2D eigenvalue weighted by molar-refractivity contribution is 5.85. The second-order valence-corrected chi connectivity index (χ2v) is 8.39. The molecule has 3 aromatic rings. The Morgan fingerprint density at radius 2 is 1.64 bits per heavy atom. The molecule has 0 N–H and O–H groups in total. The zero-order valence-electron chi connectivity index (χ0n) is 18.4. The van der Waals surface area contributed by atoms with Gasteiger partial charge in [-0.25, -0.2) is 0 Å². The smallest absolute Gasteiger partial charge is 0.310 e. The van der Waals surface area contributed by atoms with Crippen molar-refractivity contribution in [1.82, 2.24) is 9.88 Å². The standard InChI is InChI=1S/C25H27N3O5/c29-23(27-14-16-31-17-15-27)22(18-6-2-1-3-7-18)33-24(30)19-10-12-28(13-11-19)25-26-20-8-4-5-9-21(20)32-25/h1-9,19,22H,10-17H2/t22-/m1/s1. The van der Waals surface area contributed by atoms with Crippen LogP contribution in [0, 0.1) is 5.92 Å². The molecule has 2 aliphatic heterocycles. The predicted octanol–water partition coefficient (Wildman–Crippen LogP) is 3.19. The Hall–Kier alpha value is -3.39. The molecule has 0 spiro atoms. The highest BCUT2D eigenvalue weighted by atomic mass is 16.5. The number of carbonyl (C=O) groups excluding carboxylic acids is 2. The van der Waals surface area contributed by atoms with Crippen LogP contribution in [-0.2, 0) is 19.1 Å². The van der Waals surface area contributed by atoms with Gasteiger partial charge < -0.3 is 23.7 Å². The predicted molar refractivity (Wildman–Crippen MR) is 122 cm³/mol. The summed E-state index contributed by atoms with van der Waals surface area (Å²) >= 11 is 0. The molecule has 8 nitrogen and oxygen atoms in total. The highest BCUT2D eigenvalue weighted by Gasteiger charge is 2.34. The Labute approximate surface area is 192 Å². The normalized spacial score (nSPS) is 18.3. The van der Waals surface area contributed by atoms with Crippen LogP contribution in [0.5, 0.6) is 0 Å². The molecule has 0 bridgehead atoms. The summed E-state index contributed by atoms with van der Waals surface area (Å²) in [4.78, 5) is 34.6. The Morgan fingerprint density at radius 3 is 2.36 bits per heavy atom. The van der Waals surface area contributed by atoms with Crippen LogP contribution in [0.4, 0.5) is 6.01 Å². The molecule has 172 valence electrons. The van der Waals surface area contributed by atoms with Crippen LogP contribution in [0.15, 0.2) is 59.0 Å². The molecule has 2 fully saturated rings. The van der Waals surface area contributed by atoms with Gasteiger partial charge in [0.2, 0.25) is 6.10 Å². The van der Waals surface area contributed by atoms with E-state index in [0.29, 0.717) is 63.8 Å². The third kappa shape index (κ3) is 4.71. The molecule has 0 radical (unpaired) electrons. The van der Waals surface area contributed by atoms with E-state index in [4.69, 9.17) is 13.9 Å². The zero-order chi connectivity index (χ0) is 22.6. The molecule has 1 aromatic heterocycles. The van der Waals surface area contributed by atoms with Crippen LogP contribution in [-0.4, -0.2) is 61.2 Å². The van der Waals surface area contributed by atoms with Gasteiger partial charge in [-0.05, 0) is 25.0 Å². The summed E-state index contributed by atoms with van der Waals surface area (Å²) in [5.74, 6) is -0.793. The van der Waals surface area contributed by atoms with Crippen molar-refractivity contribution in [2.24, 2.45) is 5.92 Å². The van der Waals surface area contributed by atoms with Gasteiger partial charge in [-0.2, -0.15) is 4.98 Å². The molecule has 5 rings (SSSR count). The van der Waals surface area contributed by atoms with Crippen LogP contribution in [0.25, 0.3) is 11.1 Å². The van der Waals surface area contributed by atoms with Crippen LogP contribution >= 0.6 is 0 Å². The number of anilines is 1. The number of oxazole rings is 1. The molecule has 1 atom stereocenters. The van der Waals surface area contributed by atoms with Gasteiger partial charge in [0, 0.05) is 31.7 Å². The summed E-state index contributed by atoms with van der Waals surface area (Å²) in [6.07, 6.45) is 0.294. The molecule has 3 heterocycles. The number of benzene rings is 2. The lowest BCUT2D eigenvalue weighted by atomic mass is 9.97. The van der Waals surface area contributed by atoms with E-state index in [1.54, 1.807) is 4.90 Å². The molecule has 2 saturated heterocycles. The van der Waals surface area contributed by atoms with Gasteiger partial charge in [0.05, 0.1) is 19.1 Å². The summed E-state index contributed by atoms with van der Waals surface area (Å²) in [6.45, 7) is 3.27. The van der Waals surface area contributed by atoms with Crippen molar-refractivity contribution < 1.29 is 23.5 Å². The van der Waals surface area contributed by atoms with E-state index >= 15 is 0 Å². The number of morpholine rings is 1. The summed E-state index contributed by atoms with van der Waals surface area (Å²) in [5, 5.41) is 0. The summed E-state index contributed by atoms with van der Waals surface area (Å²) in [7, 11) is 0. The molecule has 33 heavy (non-hydrogen) atoms. The number of rotatable bonds is 5. The van der Waals surface area contributed by atoms with Crippen LogP contribution in [0.2, 0.25) is 0 Å². The fraction of sp³-hybridized carbons (Fsp3) is 0.400. The molecular formula is C25H27N3O5. The monoisotopic (exact) mass is 449 g/mol. The van der Waals surface area contributed by atoms with E-state index in [1.807, 2.05) is 54.6 Å². The first-order valence-electron chi connectivity index (χ1n) is 11.4. The van der Waals surface area contributed by atoms with E-state index in [9.17, 15) is 9.59 Å². The van der Waals surface area contributed by atoms with Gasteiger partial charge in [-0.15, -0.1) is 0 Å². The number of carbonyl (C=O) groups is 2. The first-order valence-corrected chi connectivity index (χ1v) is 11.4. The van der Waals surface area contributed by atoms with Gasteiger partial charge in [-0.1, -0.05) is 42.5 Å². The van der Waals surface area contributed by atoms with Crippen molar-refractivity contribution in [2.45, 2.75) is 18.9 Å². The largest absolute Gasteiger partial charge is 0.447 e. The number of aromatic nitrogens is 1. The van der Waals surface area contributed by atoms with Crippen molar-refractivity contribution in [2.75, 3.05) is 44.3 Å². The maximum Gasteiger partial charge on any atom is 0.310 e. The van der Waals surface area contributed by atoms with Gasteiger partial charge in [0.25, 0.3) is 11.9 Å². The molecule has 0 saturated carbocycles. The highest BCUT2D eigenvalue weighted by Crippen LogP contribution is 2.29. The van der Waals surface area contributed by atoms with Crippen molar-refractivity contribution in [3.63, 3.8) is 0 Å². The number of hydrogen-bond donors (Lipinski definition) is 0. The quantitative estimate of drug-likeness (QED) is 0.553. The number of nitrogens with zero attached hydrogens (tertiary/aromatic N) is 3. The number of ether oxygens (including phenoxy) is 2. The number of para-hydroxylation sites is 2. The molecular weight excluding hydrogens is 422 g/mol. The summed E-state index contributed by atoms with van der Waals surface area (Å²) in [6, 6.07) is 17.5. The van der Waals surface area contributed by atoms with Gasteiger partial charge >= 0.3 is 5.97 Å². The van der Waals surface area contributed by atoms with Crippen LogP contribution in [0.1, 0.15) is 24.5 Å². The number of piperidine rings is 1. The zero-order valence-corrected chi connectivity index (χ0v) is 18.4. The van der Waals surface area contributed by atoms with E-state index in [2.05, 4.69) is 9.88 Å². The average molecular weight is 450 g/mol. The fourth-order valence-electron chi connectivity index (χ4n) is 4.35. The van der Waals surface area contributed by atoms with Crippen molar-refractivity contribution in [1.29, 1.82) is 0 Å². The van der Waals surface area contributed by atoms with E-state index < -0.39 is 6.10 Å². The lowest BCUT2D eigenvalue weighted by Crippen LogP contribution is -2.44. The molecule has 2 aromatic carbocycles. The first kappa shape index (κ1) is 21.5. The van der Waals surface area contributed by atoms with Gasteiger partial charge in [-0.3, -0.25) is 9.59 Å². The average Bonchev–Trinajstić information content (AvgIpc) is 3.32. The topological polar surface area (TPSA) is 85.1 Å². The second kappa shape index (κ2) is 9.62. The number of amides is 1. The SMILES string of the molecule is O=C(O[C@@H](C(=O)N1CCOCC1)c1ccccc1)C1CCN(c2nc3ccccc3o2)CC1. The van der Waals surface area contributed by atoms with Crippen molar-refractivity contribution in [3.05, 3.63) is 60.2 Å². The fourth-order valence-corrected chi connectivity index (χ4v) is 4.35. The van der Waals surface area contributed by atoms with E-state index in [0.717, 1.165) is 11.1 Å². The number of hydrogen-bond acceptors (Lipinski definition) is 7. The minimum absolute atomic E-state index is 0.193. The van der Waals surface area contributed by atoms with Crippen molar-refractivity contribution in [3.8, 4) is 0 Å². The summed E-state index contributed by atoms with van der Waals surface area (Å²) in [5.41, 5.74) is 2.26. The summed E-state index contributed by atoms with van der Waals surface area (Å²) < 4.78 is 17.1. The molecule has 0 unspecified atom stereocenters. The molecule has 2 aliphatic rings. The lowest BCUT2D eigenvalue weighted by molar-refractivity contribution is -0.166. The Bertz CT molecular complexity index is 1070. The minimum atomic E-state index is -0.938. The Balaban J connectivity index is 1.24. The van der Waals surface area contributed by atoms with Crippen LogP contribution in [0.3, 0.4) is 0 Å². The van der Waals surface area contributed by atoms with Crippen LogP contribution < -0.4 is 4.90 Å². The number of esters is 1. The maximum atomic E-state index is 13.2. The lowest BCUT2D eigenvalue weighted by Gasteiger charge is -2.32. The molecule has 1 amide bonds. The second-order valence-electron chi connectivity index (χ2n) is 8.39. The van der Waals surface area contributed by atoms with Gasteiger partial charge in [0.15, 0.2) is 5.58 Å². The third-order valence-electron chi connectivity index (χ3n) is 6.26. The number of fused-ring (bicyclic) bond motifs is 1. The van der Waals surface area contributed by atoms with E-state index in [1.165, 1.54) is 0 Å². The molecule has 0 aliphatic carbocycles. The third-order valence-corrected chi connectivity index (χ3v) is 6.26. The van der Waals surface area contributed by atoms with Gasteiger partial charge in [0.1, 0.15) is 5.52 Å². The minimum Gasteiger partial charge on any atom is -0.447 e. The first-order chi connectivity index (χ1) is 16.2. The van der Waals surface area contributed by atoms with E-state index in [-0.39, 0.29) is 17.8 Å². The Morgan fingerprint density at radius 1 is 0.939 bits per heavy atom. The van der Waals surface area contributed by atoms with Crippen molar-refractivity contribution >= 4 is 29.0 Å².